The van der Waals surface area contributed by atoms with E-state index >= 15 is 0 Å². The molecule has 1 aliphatic rings. The summed E-state index contributed by atoms with van der Waals surface area (Å²) in [7, 11) is 3.39. The summed E-state index contributed by atoms with van der Waals surface area (Å²) in [6.07, 6.45) is 4.74. The van der Waals surface area contributed by atoms with Crippen molar-refractivity contribution in [3.05, 3.63) is 82.8 Å². The molecule has 0 spiro atoms. The van der Waals surface area contributed by atoms with Crippen molar-refractivity contribution in [3.8, 4) is 11.5 Å². The van der Waals surface area contributed by atoms with Crippen LogP contribution in [0.25, 0.3) is 43.6 Å². The highest BCUT2D eigenvalue weighted by Crippen LogP contribution is 2.36. The summed E-state index contributed by atoms with van der Waals surface area (Å²) in [5.41, 5.74) is 5.76. The molecule has 9 heteroatoms. The summed E-state index contributed by atoms with van der Waals surface area (Å²) in [5.74, 6) is 2.46. The van der Waals surface area contributed by atoms with E-state index in [0.29, 0.717) is 10.0 Å². The van der Waals surface area contributed by atoms with Crippen molar-refractivity contribution in [3.63, 3.8) is 0 Å². The van der Waals surface area contributed by atoms with Gasteiger partial charge >= 0.3 is 0 Å². The van der Waals surface area contributed by atoms with Gasteiger partial charge in [-0.05, 0) is 117 Å². The number of hydrogen-bond acceptors (Lipinski definition) is 7. The fourth-order valence-corrected chi connectivity index (χ4v) is 6.75. The average Bonchev–Trinajstić information content (AvgIpc) is 3.90. The lowest BCUT2D eigenvalue weighted by Gasteiger charge is -2.23. The highest BCUT2D eigenvalue weighted by Gasteiger charge is 2.24. The number of benzene rings is 4. The number of aromatic nitrogens is 2. The van der Waals surface area contributed by atoms with Gasteiger partial charge in [0.25, 0.3) is 0 Å². The van der Waals surface area contributed by atoms with Gasteiger partial charge in [0.2, 0.25) is 0 Å². The fourth-order valence-electron chi connectivity index (χ4n) is 6.42. The van der Waals surface area contributed by atoms with Crippen LogP contribution in [-0.4, -0.2) is 61.8 Å². The quantitative estimate of drug-likeness (QED) is 0.0885. The number of nitrogens with zero attached hydrogens (tertiary/aromatic N) is 3. The largest absolute Gasteiger partial charge is 0.497 e. The van der Waals surface area contributed by atoms with Crippen molar-refractivity contribution in [1.82, 2.24) is 14.9 Å². The minimum Gasteiger partial charge on any atom is -0.497 e. The molecule has 1 fully saturated rings. The Balaban J connectivity index is 1.02. The lowest BCUT2D eigenvalue weighted by molar-refractivity contribution is 0.261. The molecule has 0 aliphatic heterocycles. The molecular formula is C38H39Cl2N5O2. The molecule has 0 amide bonds. The van der Waals surface area contributed by atoms with Crippen molar-refractivity contribution in [1.29, 1.82) is 0 Å². The van der Waals surface area contributed by atoms with E-state index in [0.717, 1.165) is 118 Å². The molecule has 0 atom stereocenters. The van der Waals surface area contributed by atoms with Gasteiger partial charge in [-0.3, -0.25) is 0 Å². The van der Waals surface area contributed by atoms with E-state index in [9.17, 15) is 0 Å². The van der Waals surface area contributed by atoms with Gasteiger partial charge < -0.3 is 25.0 Å². The second-order valence-electron chi connectivity index (χ2n) is 12.4. The third kappa shape index (κ3) is 7.13. The molecule has 2 N–H and O–H groups in total. The number of rotatable bonds is 14. The van der Waals surface area contributed by atoms with E-state index in [1.54, 1.807) is 14.2 Å². The molecule has 0 saturated heterocycles. The van der Waals surface area contributed by atoms with Gasteiger partial charge in [-0.1, -0.05) is 23.2 Å². The molecule has 7 nitrogen and oxygen atoms in total. The number of ether oxygens (including phenoxy) is 2. The zero-order valence-corrected chi connectivity index (χ0v) is 28.3. The zero-order valence-electron chi connectivity index (χ0n) is 26.8. The Morgan fingerprint density at radius 2 is 1.13 bits per heavy atom. The Morgan fingerprint density at radius 1 is 0.638 bits per heavy atom. The summed E-state index contributed by atoms with van der Waals surface area (Å²) >= 11 is 12.7. The summed E-state index contributed by atoms with van der Waals surface area (Å²) in [6.45, 7) is 4.94. The van der Waals surface area contributed by atoms with Gasteiger partial charge in [0.15, 0.2) is 0 Å². The number of pyridine rings is 2. The van der Waals surface area contributed by atoms with Crippen molar-refractivity contribution >= 4 is 78.2 Å². The number of methoxy groups -OCH3 is 2. The van der Waals surface area contributed by atoms with Crippen molar-refractivity contribution in [2.24, 2.45) is 5.92 Å². The van der Waals surface area contributed by atoms with Crippen LogP contribution in [0.3, 0.4) is 0 Å². The second-order valence-corrected chi connectivity index (χ2v) is 13.2. The normalized spacial score (nSPS) is 13.2. The maximum absolute atomic E-state index is 6.33. The third-order valence-corrected chi connectivity index (χ3v) is 9.48. The topological polar surface area (TPSA) is 71.5 Å². The highest BCUT2D eigenvalue weighted by atomic mass is 35.5. The summed E-state index contributed by atoms with van der Waals surface area (Å²) < 4.78 is 11.1. The zero-order chi connectivity index (χ0) is 32.3. The molecular weight excluding hydrogens is 629 g/mol. The van der Waals surface area contributed by atoms with Crippen molar-refractivity contribution in [2.75, 3.05) is 57.6 Å². The van der Waals surface area contributed by atoms with E-state index in [1.807, 2.05) is 48.5 Å². The van der Waals surface area contributed by atoms with E-state index < -0.39 is 0 Å². The number of anilines is 2. The Kier molecular flexibility index (Phi) is 9.39. The standard InChI is InChI=1S/C38H39Cl2N5O2/c1-46-27-9-13-33-31(21-27)37(29-11-7-25(39)19-35(29)43-33)41-15-3-17-45(23-24-5-6-24)18-4-16-42-38-30-12-8-26(40)20-36(30)44-34-14-10-28(47-2)22-32(34)38/h7-14,19-22,24H,3-6,15-18,23H2,1-2H3,(H,41,43)(H,42,44). The molecule has 0 bridgehead atoms. The predicted octanol–water partition coefficient (Wildman–Crippen LogP) is 9.43. The lowest BCUT2D eigenvalue weighted by atomic mass is 10.1. The van der Waals surface area contributed by atoms with E-state index in [4.69, 9.17) is 42.6 Å². The van der Waals surface area contributed by atoms with Crippen LogP contribution >= 0.6 is 23.2 Å². The molecule has 0 radical (unpaired) electrons. The Labute approximate surface area is 285 Å². The number of fused-ring (bicyclic) bond motifs is 4. The molecule has 6 aromatic rings. The molecule has 1 aliphatic carbocycles. The molecule has 7 rings (SSSR count). The van der Waals surface area contributed by atoms with Crippen LogP contribution in [0, 0.1) is 5.92 Å². The van der Waals surface area contributed by atoms with E-state index in [1.165, 1.54) is 12.8 Å². The third-order valence-electron chi connectivity index (χ3n) is 9.01. The first-order valence-electron chi connectivity index (χ1n) is 16.3. The molecule has 2 aromatic heterocycles. The van der Waals surface area contributed by atoms with Gasteiger partial charge in [-0.2, -0.15) is 0 Å². The number of halogens is 2. The monoisotopic (exact) mass is 667 g/mol. The number of nitrogens with one attached hydrogen (secondary N) is 2. The second kappa shape index (κ2) is 14.0. The first-order chi connectivity index (χ1) is 23.0. The first kappa shape index (κ1) is 31.6. The number of hydrogen-bond donors (Lipinski definition) is 2. The lowest BCUT2D eigenvalue weighted by Crippen LogP contribution is -2.30. The predicted molar refractivity (Wildman–Crippen MR) is 197 cm³/mol. The van der Waals surface area contributed by atoms with Crippen LogP contribution in [0.4, 0.5) is 11.4 Å². The van der Waals surface area contributed by atoms with E-state index in [-0.39, 0.29) is 0 Å². The molecule has 242 valence electrons. The maximum atomic E-state index is 6.33. The van der Waals surface area contributed by atoms with Gasteiger partial charge in [0, 0.05) is 51.2 Å². The Hall–Kier alpha value is -4.04. The van der Waals surface area contributed by atoms with Crippen LogP contribution in [0.15, 0.2) is 72.8 Å². The van der Waals surface area contributed by atoms with Crippen LogP contribution in [-0.2, 0) is 0 Å². The van der Waals surface area contributed by atoms with Crippen LogP contribution in [0.1, 0.15) is 25.7 Å². The molecule has 1 saturated carbocycles. The SMILES string of the molecule is COc1ccc2nc3cc(Cl)ccc3c(NCCCN(CCCNc3c4ccc(Cl)cc4nc4ccc(OC)cc34)CC3CC3)c2c1. The summed E-state index contributed by atoms with van der Waals surface area (Å²) in [6, 6.07) is 23.9. The molecule has 47 heavy (non-hydrogen) atoms. The Bertz CT molecular complexity index is 1930. The summed E-state index contributed by atoms with van der Waals surface area (Å²) in [4.78, 5) is 12.4. The van der Waals surface area contributed by atoms with Crippen LogP contribution in [0.5, 0.6) is 11.5 Å². The smallest absolute Gasteiger partial charge is 0.119 e. The van der Waals surface area contributed by atoms with Crippen molar-refractivity contribution < 1.29 is 9.47 Å². The average molecular weight is 669 g/mol. The molecule has 2 heterocycles. The minimum absolute atomic E-state index is 0.684. The first-order valence-corrected chi connectivity index (χ1v) is 17.1. The Morgan fingerprint density at radius 3 is 1.57 bits per heavy atom. The maximum Gasteiger partial charge on any atom is 0.119 e. The van der Waals surface area contributed by atoms with Crippen LogP contribution in [0.2, 0.25) is 10.0 Å². The highest BCUT2D eigenvalue weighted by molar-refractivity contribution is 6.32. The summed E-state index contributed by atoms with van der Waals surface area (Å²) in [5, 5.41) is 13.1. The van der Waals surface area contributed by atoms with Crippen molar-refractivity contribution in [2.45, 2.75) is 25.7 Å². The minimum atomic E-state index is 0.684. The van der Waals surface area contributed by atoms with Crippen LogP contribution < -0.4 is 20.1 Å². The van der Waals surface area contributed by atoms with E-state index in [2.05, 4.69) is 39.8 Å². The van der Waals surface area contributed by atoms with Gasteiger partial charge in [0.1, 0.15) is 11.5 Å². The van der Waals surface area contributed by atoms with Gasteiger partial charge in [0.05, 0.1) is 47.7 Å². The molecule has 0 unspecified atom stereocenters. The van der Waals surface area contributed by atoms with Gasteiger partial charge in [-0.15, -0.1) is 0 Å². The fraction of sp³-hybridized carbons (Fsp3) is 0.316. The molecule has 4 aromatic carbocycles. The van der Waals surface area contributed by atoms with Gasteiger partial charge in [-0.25, -0.2) is 9.97 Å².